The molecule has 4 nitrogen and oxygen atoms in total. The van der Waals surface area contributed by atoms with E-state index in [0.29, 0.717) is 25.9 Å². The number of benzene rings is 1. The zero-order valence-corrected chi connectivity index (χ0v) is 14.0. The fraction of sp³-hybridized carbons (Fsp3) is 0.556. The van der Waals surface area contributed by atoms with Crippen LogP contribution in [0.25, 0.3) is 0 Å². The van der Waals surface area contributed by atoms with E-state index in [1.54, 1.807) is 0 Å². The maximum absolute atomic E-state index is 12.5. The molecule has 120 valence electrons. The van der Waals surface area contributed by atoms with Gasteiger partial charge in [-0.2, -0.15) is 0 Å². The van der Waals surface area contributed by atoms with Crippen molar-refractivity contribution in [3.05, 3.63) is 34.4 Å². The Balaban J connectivity index is 2.02. The van der Waals surface area contributed by atoms with Crippen LogP contribution in [0.15, 0.2) is 12.1 Å². The Morgan fingerprint density at radius 2 is 1.91 bits per heavy atom. The van der Waals surface area contributed by atoms with Crippen LogP contribution in [-0.2, 0) is 16.0 Å². The molecule has 1 N–H and O–H groups in total. The summed E-state index contributed by atoms with van der Waals surface area (Å²) in [6, 6.07) is 4.32. The summed E-state index contributed by atoms with van der Waals surface area (Å²) in [7, 11) is 0. The van der Waals surface area contributed by atoms with Crippen molar-refractivity contribution in [2.75, 3.05) is 13.1 Å². The molecule has 0 saturated carbocycles. The van der Waals surface area contributed by atoms with Gasteiger partial charge in [0.15, 0.2) is 0 Å². The molecule has 1 aromatic rings. The third-order valence-electron chi connectivity index (χ3n) is 4.44. The number of nitrogens with one attached hydrogen (secondary N) is 1. The normalized spacial score (nSPS) is 18.8. The highest BCUT2D eigenvalue weighted by Gasteiger charge is 2.24. The van der Waals surface area contributed by atoms with Gasteiger partial charge >= 0.3 is 0 Å². The molecule has 0 spiro atoms. The molecule has 1 fully saturated rings. The highest BCUT2D eigenvalue weighted by atomic mass is 16.2. The Kier molecular flexibility index (Phi) is 5.22. The molecule has 22 heavy (non-hydrogen) atoms. The lowest BCUT2D eigenvalue weighted by atomic mass is 9.96. The average Bonchev–Trinajstić information content (AvgIpc) is 2.57. The fourth-order valence-electron chi connectivity index (χ4n) is 3.34. The van der Waals surface area contributed by atoms with Crippen molar-refractivity contribution >= 4 is 11.8 Å². The van der Waals surface area contributed by atoms with Gasteiger partial charge in [-0.25, -0.2) is 0 Å². The van der Waals surface area contributed by atoms with Crippen molar-refractivity contribution in [1.29, 1.82) is 0 Å². The predicted octanol–water partition coefficient (Wildman–Crippen LogP) is 2.28. The van der Waals surface area contributed by atoms with Crippen LogP contribution in [0.2, 0.25) is 0 Å². The summed E-state index contributed by atoms with van der Waals surface area (Å²) in [5.74, 6) is 0.177. The van der Waals surface area contributed by atoms with E-state index < -0.39 is 0 Å². The van der Waals surface area contributed by atoms with E-state index in [-0.39, 0.29) is 17.9 Å². The summed E-state index contributed by atoms with van der Waals surface area (Å²) in [4.78, 5) is 25.9. The first-order chi connectivity index (χ1) is 10.4. The molecule has 1 heterocycles. The number of amides is 2. The van der Waals surface area contributed by atoms with Gasteiger partial charge in [-0.15, -0.1) is 0 Å². The van der Waals surface area contributed by atoms with Gasteiger partial charge in [-0.05, 0) is 50.8 Å². The van der Waals surface area contributed by atoms with Crippen LogP contribution in [0.5, 0.6) is 0 Å². The van der Waals surface area contributed by atoms with Crippen LogP contribution in [0, 0.1) is 20.8 Å². The Labute approximate surface area is 132 Å². The van der Waals surface area contributed by atoms with E-state index in [9.17, 15) is 9.59 Å². The van der Waals surface area contributed by atoms with Crippen molar-refractivity contribution in [2.24, 2.45) is 0 Å². The lowest BCUT2D eigenvalue weighted by molar-refractivity contribution is -0.133. The monoisotopic (exact) mass is 302 g/mol. The third-order valence-corrected chi connectivity index (χ3v) is 4.44. The average molecular weight is 302 g/mol. The van der Waals surface area contributed by atoms with Crippen molar-refractivity contribution in [1.82, 2.24) is 10.2 Å². The first-order valence-electron chi connectivity index (χ1n) is 8.01. The van der Waals surface area contributed by atoms with Gasteiger partial charge in [0.25, 0.3) is 0 Å². The molecule has 0 bridgehead atoms. The lowest BCUT2D eigenvalue weighted by Gasteiger charge is -2.26. The summed E-state index contributed by atoms with van der Waals surface area (Å²) in [6.07, 6.45) is 1.67. The summed E-state index contributed by atoms with van der Waals surface area (Å²) >= 11 is 0. The molecule has 1 saturated heterocycles. The molecular weight excluding hydrogens is 276 g/mol. The molecule has 1 aromatic carbocycles. The number of aryl methyl sites for hydroxylation is 3. The van der Waals surface area contributed by atoms with Crippen LogP contribution in [0.4, 0.5) is 0 Å². The molecule has 1 aliphatic rings. The SMILES string of the molecule is Cc1cc(C)c(CCC(=O)N2CCNC(=O)CC2C)c(C)c1. The van der Waals surface area contributed by atoms with E-state index in [1.807, 2.05) is 11.8 Å². The van der Waals surface area contributed by atoms with E-state index in [2.05, 4.69) is 38.2 Å². The lowest BCUT2D eigenvalue weighted by Crippen LogP contribution is -2.39. The van der Waals surface area contributed by atoms with Gasteiger partial charge in [0, 0.05) is 32.0 Å². The largest absolute Gasteiger partial charge is 0.354 e. The van der Waals surface area contributed by atoms with Crippen molar-refractivity contribution in [3.63, 3.8) is 0 Å². The van der Waals surface area contributed by atoms with Crippen LogP contribution in [0.1, 0.15) is 42.0 Å². The topological polar surface area (TPSA) is 49.4 Å². The molecule has 1 atom stereocenters. The Morgan fingerprint density at radius 1 is 1.27 bits per heavy atom. The zero-order valence-electron chi connectivity index (χ0n) is 14.0. The second-order valence-corrected chi connectivity index (χ2v) is 6.37. The van der Waals surface area contributed by atoms with Gasteiger partial charge in [0.05, 0.1) is 0 Å². The van der Waals surface area contributed by atoms with Gasteiger partial charge in [0.2, 0.25) is 11.8 Å². The van der Waals surface area contributed by atoms with Crippen molar-refractivity contribution < 1.29 is 9.59 Å². The van der Waals surface area contributed by atoms with Crippen LogP contribution >= 0.6 is 0 Å². The number of rotatable bonds is 3. The quantitative estimate of drug-likeness (QED) is 0.931. The molecule has 1 aliphatic heterocycles. The predicted molar refractivity (Wildman–Crippen MR) is 87.8 cm³/mol. The maximum Gasteiger partial charge on any atom is 0.223 e. The van der Waals surface area contributed by atoms with Crippen molar-refractivity contribution in [3.8, 4) is 0 Å². The summed E-state index contributed by atoms with van der Waals surface area (Å²) < 4.78 is 0. The van der Waals surface area contributed by atoms with E-state index in [1.165, 1.54) is 22.3 Å². The highest BCUT2D eigenvalue weighted by Crippen LogP contribution is 2.19. The minimum Gasteiger partial charge on any atom is -0.354 e. The summed E-state index contributed by atoms with van der Waals surface area (Å²) in [6.45, 7) is 9.42. The second-order valence-electron chi connectivity index (χ2n) is 6.37. The number of carbonyl (C=O) groups excluding carboxylic acids is 2. The fourth-order valence-corrected chi connectivity index (χ4v) is 3.34. The minimum absolute atomic E-state index is 0.0183. The van der Waals surface area contributed by atoms with E-state index >= 15 is 0 Å². The highest BCUT2D eigenvalue weighted by molar-refractivity contribution is 5.81. The standard InChI is InChI=1S/C18H26N2O2/c1-12-9-13(2)16(14(3)10-12)5-6-18(22)20-8-7-19-17(21)11-15(20)4/h9-10,15H,5-8,11H2,1-4H3,(H,19,21). The van der Waals surface area contributed by atoms with Gasteiger partial charge < -0.3 is 10.2 Å². The van der Waals surface area contributed by atoms with Gasteiger partial charge in [0.1, 0.15) is 0 Å². The molecule has 2 amide bonds. The molecule has 0 aromatic heterocycles. The number of hydrogen-bond donors (Lipinski definition) is 1. The summed E-state index contributed by atoms with van der Waals surface area (Å²) in [5.41, 5.74) is 5.04. The van der Waals surface area contributed by atoms with Gasteiger partial charge in [-0.3, -0.25) is 9.59 Å². The zero-order chi connectivity index (χ0) is 16.3. The Morgan fingerprint density at radius 3 is 2.55 bits per heavy atom. The summed E-state index contributed by atoms with van der Waals surface area (Å²) in [5, 5.41) is 2.83. The molecule has 1 unspecified atom stereocenters. The molecule has 0 aliphatic carbocycles. The van der Waals surface area contributed by atoms with Gasteiger partial charge in [-0.1, -0.05) is 17.7 Å². The first kappa shape index (κ1) is 16.5. The molecule has 2 rings (SSSR count). The van der Waals surface area contributed by atoms with Crippen LogP contribution in [0.3, 0.4) is 0 Å². The number of hydrogen-bond acceptors (Lipinski definition) is 2. The van der Waals surface area contributed by atoms with Crippen molar-refractivity contribution in [2.45, 2.75) is 53.0 Å². The number of carbonyl (C=O) groups is 2. The minimum atomic E-state index is -0.0183. The molecule has 0 radical (unpaired) electrons. The van der Waals surface area contributed by atoms with E-state index in [4.69, 9.17) is 0 Å². The second kappa shape index (κ2) is 6.95. The number of nitrogens with zero attached hydrogens (tertiary/aromatic N) is 1. The Hall–Kier alpha value is -1.84. The maximum atomic E-state index is 12.5. The van der Waals surface area contributed by atoms with Crippen LogP contribution < -0.4 is 5.32 Å². The smallest absolute Gasteiger partial charge is 0.223 e. The van der Waals surface area contributed by atoms with Crippen LogP contribution in [-0.4, -0.2) is 35.8 Å². The van der Waals surface area contributed by atoms with E-state index in [0.717, 1.165) is 6.42 Å². The third kappa shape index (κ3) is 3.87. The molecule has 4 heteroatoms. The first-order valence-corrected chi connectivity index (χ1v) is 8.01. The Bertz CT molecular complexity index is 557. The molecular formula is C18H26N2O2.